The van der Waals surface area contributed by atoms with Gasteiger partial charge in [0.25, 0.3) is 0 Å². The van der Waals surface area contributed by atoms with Crippen molar-refractivity contribution in [3.63, 3.8) is 0 Å². The van der Waals surface area contributed by atoms with E-state index in [-0.39, 0.29) is 24.4 Å². The van der Waals surface area contributed by atoms with Gasteiger partial charge in [-0.2, -0.15) is 0 Å². The molecule has 1 aromatic carbocycles. The summed E-state index contributed by atoms with van der Waals surface area (Å²) in [5.74, 6) is 1.27. The quantitative estimate of drug-likeness (QED) is 0.604. The molecule has 0 bridgehead atoms. The van der Waals surface area contributed by atoms with Gasteiger partial charge in [0.15, 0.2) is 5.82 Å². The summed E-state index contributed by atoms with van der Waals surface area (Å²) in [7, 11) is 0. The molecule has 32 heavy (non-hydrogen) atoms. The molecule has 3 aromatic rings. The Kier molecular flexibility index (Phi) is 6.06. The summed E-state index contributed by atoms with van der Waals surface area (Å²) in [6, 6.07) is 11.1. The SMILES string of the molecule is CC(C)(C)OC(=O)N1CCC(C(=O)c2nc3ccccc3n2Cc2ccc(CO)o2)CC1. The molecule has 0 radical (unpaired) electrons. The maximum absolute atomic E-state index is 13.5. The van der Waals surface area contributed by atoms with Crippen LogP contribution in [0.2, 0.25) is 0 Å². The van der Waals surface area contributed by atoms with Gasteiger partial charge in [0.1, 0.15) is 23.7 Å². The highest BCUT2D eigenvalue weighted by Gasteiger charge is 2.32. The molecule has 1 N–H and O–H groups in total. The number of Topliss-reactive ketones (excluding diaryl/α,β-unsaturated/α-hetero) is 1. The second-order valence-electron chi connectivity index (χ2n) is 9.14. The molecule has 0 aliphatic carbocycles. The summed E-state index contributed by atoms with van der Waals surface area (Å²) in [4.78, 5) is 32.1. The number of hydrogen-bond acceptors (Lipinski definition) is 6. The lowest BCUT2D eigenvalue weighted by Gasteiger charge is -2.32. The van der Waals surface area contributed by atoms with Crippen LogP contribution >= 0.6 is 0 Å². The number of ether oxygens (including phenoxy) is 1. The molecule has 1 aliphatic rings. The van der Waals surface area contributed by atoms with E-state index in [1.807, 2.05) is 49.6 Å². The molecule has 1 saturated heterocycles. The Morgan fingerprint density at radius 1 is 1.12 bits per heavy atom. The van der Waals surface area contributed by atoms with Crippen molar-refractivity contribution in [2.75, 3.05) is 13.1 Å². The highest BCUT2D eigenvalue weighted by Crippen LogP contribution is 2.26. The number of fused-ring (bicyclic) bond motifs is 1. The lowest BCUT2D eigenvalue weighted by Crippen LogP contribution is -2.43. The molecule has 1 fully saturated rings. The summed E-state index contributed by atoms with van der Waals surface area (Å²) < 4.78 is 13.0. The summed E-state index contributed by atoms with van der Waals surface area (Å²) in [5, 5.41) is 9.28. The monoisotopic (exact) mass is 439 g/mol. The van der Waals surface area contributed by atoms with Crippen LogP contribution in [0.15, 0.2) is 40.8 Å². The fourth-order valence-corrected chi connectivity index (χ4v) is 4.01. The van der Waals surface area contributed by atoms with Crippen LogP contribution in [-0.2, 0) is 17.9 Å². The van der Waals surface area contributed by atoms with Gasteiger partial charge in [-0.3, -0.25) is 4.79 Å². The molecule has 8 nitrogen and oxygen atoms in total. The topological polar surface area (TPSA) is 97.8 Å². The first-order valence-corrected chi connectivity index (χ1v) is 10.9. The van der Waals surface area contributed by atoms with Crippen molar-refractivity contribution in [2.24, 2.45) is 5.92 Å². The van der Waals surface area contributed by atoms with Gasteiger partial charge in [0.05, 0.1) is 17.6 Å². The number of aliphatic hydroxyl groups is 1. The molecule has 0 atom stereocenters. The fraction of sp³-hybridized carbons (Fsp3) is 0.458. The Balaban J connectivity index is 1.53. The van der Waals surface area contributed by atoms with E-state index in [9.17, 15) is 14.7 Å². The van der Waals surface area contributed by atoms with Crippen molar-refractivity contribution in [3.05, 3.63) is 53.7 Å². The Morgan fingerprint density at radius 2 is 1.81 bits per heavy atom. The summed E-state index contributed by atoms with van der Waals surface area (Å²) in [5.41, 5.74) is 1.05. The molecule has 170 valence electrons. The van der Waals surface area contributed by atoms with Gasteiger partial charge in [-0.1, -0.05) is 12.1 Å². The molecule has 0 saturated carbocycles. The van der Waals surface area contributed by atoms with E-state index in [1.54, 1.807) is 17.0 Å². The number of furan rings is 1. The molecule has 4 rings (SSSR count). The van der Waals surface area contributed by atoms with Crippen molar-refractivity contribution < 1.29 is 23.8 Å². The average Bonchev–Trinajstić information content (AvgIpc) is 3.37. The predicted molar refractivity (Wildman–Crippen MR) is 118 cm³/mol. The number of aliphatic hydroxyl groups excluding tert-OH is 1. The number of nitrogens with zero attached hydrogens (tertiary/aromatic N) is 3. The summed E-state index contributed by atoms with van der Waals surface area (Å²) >= 11 is 0. The number of ketones is 1. The zero-order valence-electron chi connectivity index (χ0n) is 18.7. The van der Waals surface area contributed by atoms with Gasteiger partial charge in [0, 0.05) is 19.0 Å². The van der Waals surface area contributed by atoms with E-state index >= 15 is 0 Å². The van der Waals surface area contributed by atoms with Crippen LogP contribution in [0, 0.1) is 5.92 Å². The third-order valence-electron chi connectivity index (χ3n) is 5.58. The van der Waals surface area contributed by atoms with Crippen molar-refractivity contribution in [3.8, 4) is 0 Å². The zero-order valence-corrected chi connectivity index (χ0v) is 18.7. The van der Waals surface area contributed by atoms with Gasteiger partial charge in [-0.25, -0.2) is 9.78 Å². The van der Waals surface area contributed by atoms with Crippen LogP contribution in [0.5, 0.6) is 0 Å². The Labute approximate surface area is 186 Å². The van der Waals surface area contributed by atoms with Crippen LogP contribution in [0.3, 0.4) is 0 Å². The van der Waals surface area contributed by atoms with E-state index in [4.69, 9.17) is 9.15 Å². The first kappa shape index (κ1) is 22.1. The second kappa shape index (κ2) is 8.78. The average molecular weight is 440 g/mol. The molecular weight excluding hydrogens is 410 g/mol. The lowest BCUT2D eigenvalue weighted by atomic mass is 9.92. The molecule has 0 unspecified atom stereocenters. The minimum absolute atomic E-state index is 0.0287. The van der Waals surface area contributed by atoms with Crippen molar-refractivity contribution in [2.45, 2.75) is 52.4 Å². The highest BCUT2D eigenvalue weighted by molar-refractivity contribution is 5.98. The van der Waals surface area contributed by atoms with Crippen molar-refractivity contribution >= 4 is 22.9 Å². The largest absolute Gasteiger partial charge is 0.462 e. The number of likely N-dealkylation sites (tertiary alicyclic amines) is 1. The molecule has 8 heteroatoms. The lowest BCUT2D eigenvalue weighted by molar-refractivity contribution is 0.0181. The Morgan fingerprint density at radius 3 is 2.47 bits per heavy atom. The third kappa shape index (κ3) is 4.70. The predicted octanol–water partition coefficient (Wildman–Crippen LogP) is 4.00. The number of benzene rings is 1. The van der Waals surface area contributed by atoms with Gasteiger partial charge in [0.2, 0.25) is 5.78 Å². The normalized spacial score (nSPS) is 15.3. The first-order chi connectivity index (χ1) is 15.2. The summed E-state index contributed by atoms with van der Waals surface area (Å²) in [6.45, 7) is 6.65. The molecule has 2 aromatic heterocycles. The van der Waals surface area contributed by atoms with Gasteiger partial charge >= 0.3 is 6.09 Å². The third-order valence-corrected chi connectivity index (χ3v) is 5.58. The number of carbonyl (C=O) groups excluding carboxylic acids is 2. The highest BCUT2D eigenvalue weighted by atomic mass is 16.6. The Bertz CT molecular complexity index is 1120. The van der Waals surface area contributed by atoms with Crippen LogP contribution in [-0.4, -0.2) is 50.1 Å². The molecule has 1 aliphatic heterocycles. The maximum Gasteiger partial charge on any atom is 0.410 e. The number of para-hydroxylation sites is 2. The molecule has 0 spiro atoms. The van der Waals surface area contributed by atoms with Crippen molar-refractivity contribution in [1.29, 1.82) is 0 Å². The second-order valence-corrected chi connectivity index (χ2v) is 9.14. The van der Waals surface area contributed by atoms with Crippen LogP contribution in [0.1, 0.15) is 55.8 Å². The van der Waals surface area contributed by atoms with Crippen LogP contribution in [0.25, 0.3) is 11.0 Å². The number of piperidine rings is 1. The summed E-state index contributed by atoms with van der Waals surface area (Å²) in [6.07, 6.45) is 0.793. The van der Waals surface area contributed by atoms with Gasteiger partial charge < -0.3 is 23.7 Å². The minimum Gasteiger partial charge on any atom is -0.462 e. The van der Waals surface area contributed by atoms with E-state index < -0.39 is 5.60 Å². The number of imidazole rings is 1. The van der Waals surface area contributed by atoms with Gasteiger partial charge in [-0.05, 0) is 57.9 Å². The van der Waals surface area contributed by atoms with E-state index in [1.165, 1.54) is 0 Å². The number of amides is 1. The van der Waals surface area contributed by atoms with Crippen molar-refractivity contribution in [1.82, 2.24) is 14.5 Å². The van der Waals surface area contributed by atoms with E-state index in [2.05, 4.69) is 4.98 Å². The van der Waals surface area contributed by atoms with Crippen LogP contribution in [0.4, 0.5) is 4.79 Å². The van der Waals surface area contributed by atoms with Gasteiger partial charge in [-0.15, -0.1) is 0 Å². The first-order valence-electron chi connectivity index (χ1n) is 10.9. The molecule has 3 heterocycles. The van der Waals surface area contributed by atoms with E-state index in [0.717, 1.165) is 11.0 Å². The van der Waals surface area contributed by atoms with Crippen LogP contribution < -0.4 is 0 Å². The number of hydrogen-bond donors (Lipinski definition) is 1. The Hall–Kier alpha value is -3.13. The molecule has 1 amide bonds. The fourth-order valence-electron chi connectivity index (χ4n) is 4.01. The van der Waals surface area contributed by atoms with E-state index in [0.29, 0.717) is 49.8 Å². The molecular formula is C24H29N3O5. The minimum atomic E-state index is -0.545. The standard InChI is InChI=1S/C24H29N3O5/c1-24(2,3)32-23(30)26-12-10-16(11-13-26)21(29)22-25-19-6-4-5-7-20(19)27(22)14-17-8-9-18(15-28)31-17/h4-9,16,28H,10-15H2,1-3H3. The maximum atomic E-state index is 13.5. The zero-order chi connectivity index (χ0) is 22.9. The number of carbonyl (C=O) groups is 2. The number of rotatable bonds is 5. The smallest absolute Gasteiger partial charge is 0.410 e. The number of aromatic nitrogens is 2.